The van der Waals surface area contributed by atoms with Gasteiger partial charge in [-0.15, -0.1) is 0 Å². The van der Waals surface area contributed by atoms with Gasteiger partial charge >= 0.3 is 0 Å². The van der Waals surface area contributed by atoms with Crippen LogP contribution in [0.5, 0.6) is 0 Å². The maximum Gasteiger partial charge on any atom is 0.254 e. The van der Waals surface area contributed by atoms with Crippen LogP contribution in [0.25, 0.3) is 0 Å². The first kappa shape index (κ1) is 24.2. The molecular weight excluding hydrogens is 438 g/mol. The van der Waals surface area contributed by atoms with Crippen molar-refractivity contribution >= 4 is 11.7 Å². The quantitative estimate of drug-likeness (QED) is 0.690. The van der Waals surface area contributed by atoms with Crippen molar-refractivity contribution in [3.05, 3.63) is 59.3 Å². The number of amides is 1. The number of rotatable bonds is 5. The summed E-state index contributed by atoms with van der Waals surface area (Å²) in [6.07, 6.45) is 5.12. The molecule has 7 nitrogen and oxygen atoms in total. The lowest BCUT2D eigenvalue weighted by Crippen LogP contribution is -2.60. The Morgan fingerprint density at radius 2 is 1.86 bits per heavy atom. The number of hydrogen-bond acceptors (Lipinski definition) is 6. The average Bonchev–Trinajstić information content (AvgIpc) is 2.90. The molecule has 1 aromatic carbocycles. The zero-order chi connectivity index (χ0) is 24.4. The first-order valence-corrected chi connectivity index (χ1v) is 13.3. The minimum Gasteiger partial charge on any atom is -0.389 e. The zero-order valence-electron chi connectivity index (χ0n) is 21.1. The summed E-state index contributed by atoms with van der Waals surface area (Å²) < 4.78 is 0. The van der Waals surface area contributed by atoms with Gasteiger partial charge in [0.2, 0.25) is 0 Å². The van der Waals surface area contributed by atoms with Crippen LogP contribution in [0, 0.1) is 0 Å². The summed E-state index contributed by atoms with van der Waals surface area (Å²) in [5.41, 5.74) is 3.41. The molecule has 1 aromatic heterocycles. The first-order chi connectivity index (χ1) is 17.0. The van der Waals surface area contributed by atoms with E-state index in [4.69, 9.17) is 0 Å². The van der Waals surface area contributed by atoms with Gasteiger partial charge in [-0.05, 0) is 62.4 Å². The molecule has 0 bridgehead atoms. The molecule has 0 radical (unpaired) electrons. The van der Waals surface area contributed by atoms with E-state index in [1.165, 1.54) is 11.1 Å². The van der Waals surface area contributed by atoms with Gasteiger partial charge in [-0.1, -0.05) is 31.2 Å². The third-order valence-corrected chi connectivity index (χ3v) is 8.33. The van der Waals surface area contributed by atoms with Crippen molar-refractivity contribution < 1.29 is 9.90 Å². The third kappa shape index (κ3) is 5.22. The number of pyridine rings is 1. The molecule has 0 saturated carbocycles. The van der Waals surface area contributed by atoms with Crippen molar-refractivity contribution in [2.24, 2.45) is 0 Å². The zero-order valence-corrected chi connectivity index (χ0v) is 21.1. The van der Waals surface area contributed by atoms with E-state index in [9.17, 15) is 9.90 Å². The van der Waals surface area contributed by atoms with E-state index in [2.05, 4.69) is 51.3 Å². The molecule has 2 saturated heterocycles. The van der Waals surface area contributed by atoms with Crippen LogP contribution in [0.3, 0.4) is 0 Å². The molecule has 2 N–H and O–H groups in total. The molecule has 188 valence electrons. The Hall–Kier alpha value is -2.48. The van der Waals surface area contributed by atoms with Gasteiger partial charge in [0.05, 0.1) is 12.1 Å². The monoisotopic (exact) mass is 477 g/mol. The fourth-order valence-corrected chi connectivity index (χ4v) is 6.05. The first-order valence-electron chi connectivity index (χ1n) is 13.3. The van der Waals surface area contributed by atoms with E-state index in [1.54, 1.807) is 12.3 Å². The Balaban J connectivity index is 1.21. The molecule has 3 unspecified atom stereocenters. The van der Waals surface area contributed by atoms with E-state index >= 15 is 0 Å². The average molecular weight is 478 g/mol. The highest BCUT2D eigenvalue weighted by molar-refractivity contribution is 5.95. The predicted octanol–water partition coefficient (Wildman–Crippen LogP) is 3.00. The number of piperidine rings is 2. The molecule has 7 heteroatoms. The Bertz CT molecular complexity index is 1020. The number of benzene rings is 1. The molecule has 35 heavy (non-hydrogen) atoms. The molecule has 3 atom stereocenters. The van der Waals surface area contributed by atoms with Crippen molar-refractivity contribution in [2.75, 3.05) is 38.0 Å². The highest BCUT2D eigenvalue weighted by atomic mass is 16.3. The number of fused-ring (bicyclic) bond motifs is 1. The van der Waals surface area contributed by atoms with E-state index in [1.807, 2.05) is 17.9 Å². The lowest BCUT2D eigenvalue weighted by Gasteiger charge is -2.47. The molecule has 0 aliphatic carbocycles. The molecule has 3 aliphatic heterocycles. The Morgan fingerprint density at radius 3 is 2.63 bits per heavy atom. The Morgan fingerprint density at radius 1 is 1.09 bits per heavy atom. The lowest BCUT2D eigenvalue weighted by atomic mass is 9.90. The van der Waals surface area contributed by atoms with Crippen molar-refractivity contribution in [2.45, 2.75) is 70.3 Å². The number of hydrogen-bond donors (Lipinski definition) is 2. The topological polar surface area (TPSA) is 71.9 Å². The van der Waals surface area contributed by atoms with Crippen LogP contribution < -0.4 is 5.32 Å². The number of aliphatic hydroxyl groups is 1. The van der Waals surface area contributed by atoms with Gasteiger partial charge in [0.15, 0.2) is 0 Å². The summed E-state index contributed by atoms with van der Waals surface area (Å²) in [4.78, 5) is 24.7. The number of likely N-dealkylation sites (tertiary alicyclic amines) is 2. The van der Waals surface area contributed by atoms with E-state index in [0.29, 0.717) is 18.2 Å². The van der Waals surface area contributed by atoms with Crippen LogP contribution in [0.2, 0.25) is 0 Å². The number of aromatic nitrogens is 1. The third-order valence-electron chi connectivity index (χ3n) is 8.33. The predicted molar refractivity (Wildman–Crippen MR) is 138 cm³/mol. The van der Waals surface area contributed by atoms with Crippen LogP contribution in [0.4, 0.5) is 5.82 Å². The second kappa shape index (κ2) is 10.6. The molecule has 2 fully saturated rings. The highest BCUT2D eigenvalue weighted by Crippen LogP contribution is 2.29. The Labute approximate surface area is 209 Å². The number of carbonyl (C=O) groups excluding carboxylic acids is 1. The largest absolute Gasteiger partial charge is 0.389 e. The SMILES string of the molecule is CCN1CCC(Nc2cc(C(=O)N3CCC(N4CCc5ccccc5C4)C(O)C3C)ccn2)CC1. The maximum atomic E-state index is 13.5. The number of anilines is 1. The summed E-state index contributed by atoms with van der Waals surface area (Å²) in [5.74, 6) is 0.742. The van der Waals surface area contributed by atoms with E-state index in [0.717, 1.165) is 64.2 Å². The minimum atomic E-state index is -0.568. The van der Waals surface area contributed by atoms with Crippen molar-refractivity contribution in [1.82, 2.24) is 19.7 Å². The van der Waals surface area contributed by atoms with Crippen molar-refractivity contribution in [3.63, 3.8) is 0 Å². The van der Waals surface area contributed by atoms with E-state index in [-0.39, 0.29) is 18.0 Å². The van der Waals surface area contributed by atoms with Gasteiger partial charge in [0, 0.05) is 56.6 Å². The van der Waals surface area contributed by atoms with E-state index < -0.39 is 6.10 Å². The second-order valence-corrected chi connectivity index (χ2v) is 10.4. The summed E-state index contributed by atoms with van der Waals surface area (Å²) in [5, 5.41) is 14.8. The van der Waals surface area contributed by atoms with Gasteiger partial charge in [-0.2, -0.15) is 0 Å². The molecule has 4 heterocycles. The second-order valence-electron chi connectivity index (χ2n) is 10.4. The lowest BCUT2D eigenvalue weighted by molar-refractivity contribution is -0.0429. The van der Waals surface area contributed by atoms with Gasteiger partial charge in [0.25, 0.3) is 5.91 Å². The number of carbonyl (C=O) groups is 1. The minimum absolute atomic E-state index is 0.0229. The molecule has 0 spiro atoms. The molecule has 1 amide bonds. The van der Waals surface area contributed by atoms with Crippen LogP contribution in [-0.4, -0.2) is 87.7 Å². The summed E-state index contributed by atoms with van der Waals surface area (Å²) >= 11 is 0. The van der Waals surface area contributed by atoms with Gasteiger partial charge in [0.1, 0.15) is 5.82 Å². The van der Waals surface area contributed by atoms with Crippen molar-refractivity contribution in [3.8, 4) is 0 Å². The smallest absolute Gasteiger partial charge is 0.254 e. The maximum absolute atomic E-state index is 13.5. The van der Waals surface area contributed by atoms with Crippen LogP contribution in [0.15, 0.2) is 42.6 Å². The number of nitrogens with one attached hydrogen (secondary N) is 1. The normalized spacial score (nSPS) is 26.4. The standard InChI is InChI=1S/C28H39N5O2/c1-3-31-14-10-24(11-15-31)30-26-18-22(8-13-29-26)28(35)33-17-12-25(27(34)20(33)2)32-16-9-21-6-4-5-7-23(21)19-32/h4-8,13,18,20,24-25,27,34H,3,9-12,14-17,19H2,1-2H3,(H,29,30). The molecule has 3 aliphatic rings. The summed E-state index contributed by atoms with van der Waals surface area (Å²) in [7, 11) is 0. The van der Waals surface area contributed by atoms with Gasteiger partial charge in [-0.3, -0.25) is 9.69 Å². The van der Waals surface area contributed by atoms with Crippen molar-refractivity contribution in [1.29, 1.82) is 0 Å². The summed E-state index contributed by atoms with van der Waals surface area (Å²) in [6, 6.07) is 12.5. The number of aliphatic hydroxyl groups excluding tert-OH is 1. The highest BCUT2D eigenvalue weighted by Gasteiger charge is 2.40. The fraction of sp³-hybridized carbons (Fsp3) is 0.571. The number of nitrogens with zero attached hydrogens (tertiary/aromatic N) is 4. The molecular formula is C28H39N5O2. The van der Waals surface area contributed by atoms with Crippen LogP contribution >= 0.6 is 0 Å². The van der Waals surface area contributed by atoms with Gasteiger partial charge in [-0.25, -0.2) is 4.98 Å². The molecule has 2 aromatic rings. The molecule has 5 rings (SSSR count). The summed E-state index contributed by atoms with van der Waals surface area (Å²) in [6.45, 7) is 9.96. The van der Waals surface area contributed by atoms with Gasteiger partial charge < -0.3 is 20.2 Å². The fourth-order valence-electron chi connectivity index (χ4n) is 6.05. The van der Waals surface area contributed by atoms with Crippen LogP contribution in [-0.2, 0) is 13.0 Å². The Kier molecular flexibility index (Phi) is 7.37. The van der Waals surface area contributed by atoms with Crippen LogP contribution in [0.1, 0.15) is 54.6 Å².